The predicted molar refractivity (Wildman–Crippen MR) is 79.0 cm³/mol. The lowest BCUT2D eigenvalue weighted by Gasteiger charge is -2.03. The summed E-state index contributed by atoms with van der Waals surface area (Å²) in [6.07, 6.45) is 0. The van der Waals surface area contributed by atoms with E-state index in [9.17, 15) is 9.59 Å². The van der Waals surface area contributed by atoms with Crippen molar-refractivity contribution in [3.63, 3.8) is 0 Å². The van der Waals surface area contributed by atoms with Crippen LogP contribution >= 0.6 is 22.6 Å². The van der Waals surface area contributed by atoms with Gasteiger partial charge in [0.1, 0.15) is 0 Å². The quantitative estimate of drug-likeness (QED) is 0.625. The lowest BCUT2D eigenvalue weighted by Crippen LogP contribution is -2.03. The van der Waals surface area contributed by atoms with Gasteiger partial charge >= 0.3 is 0 Å². The zero-order valence-corrected chi connectivity index (χ0v) is 12.0. The molecule has 2 rings (SSSR count). The molecule has 2 aromatic carbocycles. The molecule has 0 amide bonds. The van der Waals surface area contributed by atoms with E-state index < -0.39 is 0 Å². The third-order valence-corrected chi connectivity index (χ3v) is 3.36. The minimum atomic E-state index is -0.0606. The molecule has 0 atom stereocenters. The number of halogens is 1. The highest BCUT2D eigenvalue weighted by atomic mass is 127. The highest BCUT2D eigenvalue weighted by molar-refractivity contribution is 14.1. The summed E-state index contributed by atoms with van der Waals surface area (Å²) in [5, 5.41) is 0. The summed E-state index contributed by atoms with van der Waals surface area (Å²) >= 11 is 2.19. The van der Waals surface area contributed by atoms with Crippen molar-refractivity contribution in [3.8, 4) is 0 Å². The summed E-state index contributed by atoms with van der Waals surface area (Å²) < 4.78 is 1.08. The molecule has 0 aliphatic heterocycles. The van der Waals surface area contributed by atoms with Crippen molar-refractivity contribution in [2.24, 2.45) is 0 Å². The number of ketones is 2. The van der Waals surface area contributed by atoms with E-state index in [1.165, 1.54) is 6.92 Å². The van der Waals surface area contributed by atoms with E-state index in [1.807, 2.05) is 12.1 Å². The first-order chi connectivity index (χ1) is 8.58. The Morgan fingerprint density at radius 1 is 0.889 bits per heavy atom. The van der Waals surface area contributed by atoms with Gasteiger partial charge in [-0.1, -0.05) is 18.2 Å². The molecule has 90 valence electrons. The molecule has 2 nitrogen and oxygen atoms in total. The van der Waals surface area contributed by atoms with Gasteiger partial charge in [0, 0.05) is 20.3 Å². The third kappa shape index (κ3) is 2.85. The molecule has 0 aliphatic carbocycles. The molecule has 0 spiro atoms. The molecular weight excluding hydrogens is 339 g/mol. The molecular formula is C15H11IO2. The summed E-state index contributed by atoms with van der Waals surface area (Å²) in [5.41, 5.74) is 1.74. The van der Waals surface area contributed by atoms with Crippen molar-refractivity contribution in [1.29, 1.82) is 0 Å². The van der Waals surface area contributed by atoms with E-state index >= 15 is 0 Å². The van der Waals surface area contributed by atoms with Crippen molar-refractivity contribution < 1.29 is 9.59 Å². The fraction of sp³-hybridized carbons (Fsp3) is 0.0667. The molecule has 0 aliphatic rings. The summed E-state index contributed by atoms with van der Waals surface area (Å²) in [6.45, 7) is 1.49. The number of Topliss-reactive ketones (excluding diaryl/α,β-unsaturated/α-hetero) is 1. The molecule has 0 heterocycles. The summed E-state index contributed by atoms with van der Waals surface area (Å²) in [6, 6.07) is 14.2. The molecule has 0 fully saturated rings. The first-order valence-electron chi connectivity index (χ1n) is 5.49. The largest absolute Gasteiger partial charge is 0.295 e. The molecule has 0 bridgehead atoms. The lowest BCUT2D eigenvalue weighted by atomic mass is 10.0. The number of hydrogen-bond acceptors (Lipinski definition) is 2. The van der Waals surface area contributed by atoms with E-state index in [4.69, 9.17) is 0 Å². The number of benzene rings is 2. The van der Waals surface area contributed by atoms with Crippen LogP contribution < -0.4 is 0 Å². The Labute approximate surface area is 119 Å². The van der Waals surface area contributed by atoms with E-state index in [-0.39, 0.29) is 11.6 Å². The standard InChI is InChI=1S/C15H11IO2/c1-10(17)12-3-2-4-13(9-12)15(18)11-5-7-14(16)8-6-11/h2-9H,1H3. The summed E-state index contributed by atoms with van der Waals surface area (Å²) in [4.78, 5) is 23.5. The molecule has 0 unspecified atom stereocenters. The van der Waals surface area contributed by atoms with Gasteiger partial charge < -0.3 is 0 Å². The zero-order chi connectivity index (χ0) is 13.1. The second-order valence-electron chi connectivity index (χ2n) is 3.97. The summed E-state index contributed by atoms with van der Waals surface area (Å²) in [5.74, 6) is -0.0956. The van der Waals surface area contributed by atoms with Crippen LogP contribution in [0.25, 0.3) is 0 Å². The fourth-order valence-electron chi connectivity index (χ4n) is 1.65. The van der Waals surface area contributed by atoms with E-state index in [0.717, 1.165) is 3.57 Å². The first kappa shape index (κ1) is 13.0. The Hall–Kier alpha value is -1.49. The lowest BCUT2D eigenvalue weighted by molar-refractivity contribution is 0.101. The van der Waals surface area contributed by atoms with Crippen molar-refractivity contribution in [2.75, 3.05) is 0 Å². The first-order valence-corrected chi connectivity index (χ1v) is 6.57. The minimum absolute atomic E-state index is 0.0349. The second-order valence-corrected chi connectivity index (χ2v) is 5.22. The molecule has 0 saturated carbocycles. The highest BCUT2D eigenvalue weighted by Crippen LogP contribution is 2.14. The predicted octanol–water partition coefficient (Wildman–Crippen LogP) is 3.72. The maximum absolute atomic E-state index is 12.2. The van der Waals surface area contributed by atoms with Gasteiger partial charge in [0.25, 0.3) is 0 Å². The SMILES string of the molecule is CC(=O)c1cccc(C(=O)c2ccc(I)cc2)c1. The summed E-state index contributed by atoms with van der Waals surface area (Å²) in [7, 11) is 0. The van der Waals surface area contributed by atoms with Crippen molar-refractivity contribution in [3.05, 3.63) is 68.8 Å². The molecule has 0 radical (unpaired) electrons. The molecule has 0 aromatic heterocycles. The van der Waals surface area contributed by atoms with Gasteiger partial charge in [-0.15, -0.1) is 0 Å². The van der Waals surface area contributed by atoms with E-state index in [0.29, 0.717) is 16.7 Å². The number of carbonyl (C=O) groups is 2. The van der Waals surface area contributed by atoms with Gasteiger partial charge in [-0.2, -0.15) is 0 Å². The molecule has 2 aromatic rings. The maximum Gasteiger partial charge on any atom is 0.193 e. The Balaban J connectivity index is 2.37. The Kier molecular flexibility index (Phi) is 3.91. The Morgan fingerprint density at radius 3 is 2.11 bits per heavy atom. The second kappa shape index (κ2) is 5.44. The molecule has 3 heteroatoms. The van der Waals surface area contributed by atoms with Gasteiger partial charge in [0.05, 0.1) is 0 Å². The van der Waals surface area contributed by atoms with Crippen LogP contribution in [-0.2, 0) is 0 Å². The zero-order valence-electron chi connectivity index (χ0n) is 9.81. The van der Waals surface area contributed by atoms with Gasteiger partial charge in [-0.25, -0.2) is 0 Å². The average molecular weight is 350 g/mol. The van der Waals surface area contributed by atoms with Crippen LogP contribution in [0.1, 0.15) is 33.2 Å². The monoisotopic (exact) mass is 350 g/mol. The van der Waals surface area contributed by atoms with Gasteiger partial charge in [0.2, 0.25) is 0 Å². The number of carbonyl (C=O) groups excluding carboxylic acids is 2. The fourth-order valence-corrected chi connectivity index (χ4v) is 2.01. The molecule has 18 heavy (non-hydrogen) atoms. The maximum atomic E-state index is 12.2. The van der Waals surface area contributed by atoms with E-state index in [1.54, 1.807) is 36.4 Å². The van der Waals surface area contributed by atoms with Gasteiger partial charge in [-0.3, -0.25) is 9.59 Å². The number of hydrogen-bond donors (Lipinski definition) is 0. The van der Waals surface area contributed by atoms with Crippen molar-refractivity contribution >= 4 is 34.2 Å². The van der Waals surface area contributed by atoms with Crippen LogP contribution in [0.4, 0.5) is 0 Å². The molecule has 0 N–H and O–H groups in total. The highest BCUT2D eigenvalue weighted by Gasteiger charge is 2.10. The van der Waals surface area contributed by atoms with Crippen LogP contribution in [0.15, 0.2) is 48.5 Å². The third-order valence-electron chi connectivity index (χ3n) is 2.64. The van der Waals surface area contributed by atoms with Gasteiger partial charge in [0.15, 0.2) is 11.6 Å². The van der Waals surface area contributed by atoms with Crippen LogP contribution in [0.3, 0.4) is 0 Å². The van der Waals surface area contributed by atoms with Crippen molar-refractivity contribution in [2.45, 2.75) is 6.92 Å². The van der Waals surface area contributed by atoms with Crippen LogP contribution in [0.5, 0.6) is 0 Å². The smallest absolute Gasteiger partial charge is 0.193 e. The van der Waals surface area contributed by atoms with Gasteiger partial charge in [-0.05, 0) is 59.8 Å². The number of rotatable bonds is 3. The topological polar surface area (TPSA) is 34.1 Å². The minimum Gasteiger partial charge on any atom is -0.295 e. The van der Waals surface area contributed by atoms with Crippen molar-refractivity contribution in [1.82, 2.24) is 0 Å². The normalized spacial score (nSPS) is 10.1. The van der Waals surface area contributed by atoms with Crippen LogP contribution in [0, 0.1) is 3.57 Å². The average Bonchev–Trinajstić information content (AvgIpc) is 2.39. The Morgan fingerprint density at radius 2 is 1.50 bits per heavy atom. The molecule has 0 saturated heterocycles. The Bertz CT molecular complexity index is 600. The van der Waals surface area contributed by atoms with E-state index in [2.05, 4.69) is 22.6 Å². The van der Waals surface area contributed by atoms with Crippen LogP contribution in [-0.4, -0.2) is 11.6 Å². The van der Waals surface area contributed by atoms with Crippen LogP contribution in [0.2, 0.25) is 0 Å².